The Hall–Kier alpha value is -0.830. The van der Waals surface area contributed by atoms with Crippen LogP contribution < -0.4 is 0 Å². The Balaban J connectivity index is 2.29. The van der Waals surface area contributed by atoms with Crippen LogP contribution in [0.15, 0.2) is 12.2 Å². The highest BCUT2D eigenvalue weighted by Gasteiger charge is 2.19. The predicted octanol–water partition coefficient (Wildman–Crippen LogP) is 0.486. The van der Waals surface area contributed by atoms with Crippen molar-refractivity contribution in [3.8, 4) is 0 Å². The number of aliphatic hydroxyl groups is 1. The summed E-state index contributed by atoms with van der Waals surface area (Å²) in [4.78, 5) is 10.7. The lowest BCUT2D eigenvalue weighted by atomic mass is 10.1. The van der Waals surface area contributed by atoms with E-state index in [-0.39, 0.29) is 18.0 Å². The van der Waals surface area contributed by atoms with Crippen LogP contribution in [0.2, 0.25) is 0 Å². The smallest absolute Gasteiger partial charge is 0.306 e. The van der Waals surface area contributed by atoms with E-state index >= 15 is 0 Å². The summed E-state index contributed by atoms with van der Waals surface area (Å²) in [7, 11) is 1.37. The minimum atomic E-state index is -0.371. The fourth-order valence-corrected chi connectivity index (χ4v) is 1.20. The van der Waals surface area contributed by atoms with Gasteiger partial charge >= 0.3 is 5.97 Å². The van der Waals surface area contributed by atoms with Crippen molar-refractivity contribution in [1.29, 1.82) is 0 Å². The van der Waals surface area contributed by atoms with Crippen molar-refractivity contribution in [2.24, 2.45) is 5.92 Å². The van der Waals surface area contributed by atoms with Crippen molar-refractivity contribution < 1.29 is 14.6 Å². The first-order chi connectivity index (χ1) is 5.22. The zero-order valence-corrected chi connectivity index (χ0v) is 6.49. The maximum absolute atomic E-state index is 10.7. The number of hydrogen-bond donors (Lipinski definition) is 1. The van der Waals surface area contributed by atoms with Gasteiger partial charge in [0.05, 0.1) is 19.6 Å². The van der Waals surface area contributed by atoms with Crippen molar-refractivity contribution in [3.05, 3.63) is 12.2 Å². The molecule has 0 bridgehead atoms. The number of rotatable bonds is 2. The SMILES string of the molecule is COC(=O)C[C@@H]1C=C[C@H](O)C1. The van der Waals surface area contributed by atoms with Gasteiger partial charge in [-0.25, -0.2) is 0 Å². The zero-order chi connectivity index (χ0) is 8.27. The zero-order valence-electron chi connectivity index (χ0n) is 6.49. The molecule has 1 N–H and O–H groups in total. The van der Waals surface area contributed by atoms with Crippen molar-refractivity contribution >= 4 is 5.97 Å². The van der Waals surface area contributed by atoms with Crippen molar-refractivity contribution in [3.63, 3.8) is 0 Å². The summed E-state index contributed by atoms with van der Waals surface area (Å²) in [5.74, 6) is -0.0498. The van der Waals surface area contributed by atoms with Gasteiger partial charge in [-0.3, -0.25) is 4.79 Å². The molecule has 3 nitrogen and oxygen atoms in total. The molecule has 11 heavy (non-hydrogen) atoms. The van der Waals surface area contributed by atoms with E-state index in [1.807, 2.05) is 6.08 Å². The number of aliphatic hydroxyl groups excluding tert-OH is 1. The highest BCUT2D eigenvalue weighted by atomic mass is 16.5. The van der Waals surface area contributed by atoms with Gasteiger partial charge in [0.15, 0.2) is 0 Å². The van der Waals surface area contributed by atoms with Gasteiger partial charge in [-0.05, 0) is 12.3 Å². The van der Waals surface area contributed by atoms with E-state index in [1.54, 1.807) is 6.08 Å². The molecule has 3 heteroatoms. The van der Waals surface area contributed by atoms with Gasteiger partial charge in [-0.2, -0.15) is 0 Å². The quantitative estimate of drug-likeness (QED) is 0.467. The van der Waals surface area contributed by atoms with E-state index in [1.165, 1.54) is 7.11 Å². The van der Waals surface area contributed by atoms with Crippen LogP contribution in [-0.4, -0.2) is 24.3 Å². The minimum absolute atomic E-state index is 0.164. The fraction of sp³-hybridized carbons (Fsp3) is 0.625. The van der Waals surface area contributed by atoms with Gasteiger partial charge in [-0.15, -0.1) is 0 Å². The molecule has 0 aromatic rings. The third-order valence-corrected chi connectivity index (χ3v) is 1.81. The molecule has 0 aromatic heterocycles. The molecule has 0 radical (unpaired) electrons. The summed E-state index contributed by atoms with van der Waals surface area (Å²) < 4.78 is 4.49. The molecule has 0 amide bonds. The van der Waals surface area contributed by atoms with Gasteiger partial charge in [0.1, 0.15) is 0 Å². The lowest BCUT2D eigenvalue weighted by Gasteiger charge is -2.05. The van der Waals surface area contributed by atoms with E-state index in [2.05, 4.69) is 4.74 Å². The molecule has 0 aliphatic heterocycles. The first kappa shape index (κ1) is 8.27. The van der Waals surface area contributed by atoms with Crippen molar-refractivity contribution in [1.82, 2.24) is 0 Å². The van der Waals surface area contributed by atoms with Gasteiger partial charge in [-0.1, -0.05) is 12.2 Å². The van der Waals surface area contributed by atoms with Crippen LogP contribution in [-0.2, 0) is 9.53 Å². The number of carbonyl (C=O) groups excluding carboxylic acids is 1. The number of hydrogen-bond acceptors (Lipinski definition) is 3. The number of esters is 1. The second-order valence-corrected chi connectivity index (χ2v) is 2.73. The van der Waals surface area contributed by atoms with Crippen LogP contribution in [0.5, 0.6) is 0 Å². The fourth-order valence-electron chi connectivity index (χ4n) is 1.20. The molecule has 0 fully saturated rings. The van der Waals surface area contributed by atoms with Crippen LogP contribution in [0, 0.1) is 5.92 Å². The summed E-state index contributed by atoms with van der Waals surface area (Å²) >= 11 is 0. The van der Waals surface area contributed by atoms with Crippen molar-refractivity contribution in [2.75, 3.05) is 7.11 Å². The molecule has 0 saturated heterocycles. The largest absolute Gasteiger partial charge is 0.469 e. The Kier molecular flexibility index (Phi) is 2.65. The maximum Gasteiger partial charge on any atom is 0.306 e. The molecule has 62 valence electrons. The van der Waals surface area contributed by atoms with E-state index in [4.69, 9.17) is 5.11 Å². The molecule has 2 atom stereocenters. The Morgan fingerprint density at radius 2 is 2.45 bits per heavy atom. The standard InChI is InChI=1S/C8H12O3/c1-11-8(10)5-6-2-3-7(9)4-6/h2-3,6-7,9H,4-5H2,1H3/t6-,7+/m1/s1. The Labute approximate surface area is 65.7 Å². The average Bonchev–Trinajstić information content (AvgIpc) is 2.35. The molecule has 0 heterocycles. The van der Waals surface area contributed by atoms with Crippen LogP contribution in [0.3, 0.4) is 0 Å². The predicted molar refractivity (Wildman–Crippen MR) is 39.9 cm³/mol. The molecular weight excluding hydrogens is 144 g/mol. The average molecular weight is 156 g/mol. The lowest BCUT2D eigenvalue weighted by Crippen LogP contribution is -2.08. The maximum atomic E-state index is 10.7. The lowest BCUT2D eigenvalue weighted by molar-refractivity contribution is -0.141. The van der Waals surface area contributed by atoms with Crippen molar-refractivity contribution in [2.45, 2.75) is 18.9 Å². The normalized spacial score (nSPS) is 28.9. The summed E-state index contributed by atoms with van der Waals surface area (Å²) in [6.07, 6.45) is 4.23. The number of ether oxygens (including phenoxy) is 1. The van der Waals surface area contributed by atoms with Gasteiger partial charge < -0.3 is 9.84 Å². The third-order valence-electron chi connectivity index (χ3n) is 1.81. The molecule has 1 rings (SSSR count). The van der Waals surface area contributed by atoms with Gasteiger partial charge in [0.25, 0.3) is 0 Å². The topological polar surface area (TPSA) is 46.5 Å². The molecule has 1 aliphatic carbocycles. The van der Waals surface area contributed by atoms with Gasteiger partial charge in [0.2, 0.25) is 0 Å². The molecule has 1 aliphatic rings. The first-order valence-electron chi connectivity index (χ1n) is 3.65. The highest BCUT2D eigenvalue weighted by Crippen LogP contribution is 2.20. The van der Waals surface area contributed by atoms with Gasteiger partial charge in [0, 0.05) is 0 Å². The third kappa shape index (κ3) is 2.35. The summed E-state index contributed by atoms with van der Waals surface area (Å²) in [5.41, 5.74) is 0. The number of allylic oxidation sites excluding steroid dienone is 1. The molecule has 0 aromatic carbocycles. The number of methoxy groups -OCH3 is 1. The summed E-state index contributed by atoms with van der Waals surface area (Å²) in [6, 6.07) is 0. The summed E-state index contributed by atoms with van der Waals surface area (Å²) in [5, 5.41) is 9.05. The van der Waals surface area contributed by atoms with E-state index < -0.39 is 0 Å². The van der Waals surface area contributed by atoms with Crippen LogP contribution in [0.25, 0.3) is 0 Å². The first-order valence-corrected chi connectivity index (χ1v) is 3.65. The van der Waals surface area contributed by atoms with Crippen LogP contribution in [0.4, 0.5) is 0 Å². The van der Waals surface area contributed by atoms with E-state index in [0.29, 0.717) is 12.8 Å². The molecule has 0 saturated carbocycles. The Morgan fingerprint density at radius 1 is 1.73 bits per heavy atom. The molecular formula is C8H12O3. The van der Waals surface area contributed by atoms with Crippen LogP contribution in [0.1, 0.15) is 12.8 Å². The minimum Gasteiger partial charge on any atom is -0.469 e. The monoisotopic (exact) mass is 156 g/mol. The second kappa shape index (κ2) is 3.53. The van der Waals surface area contributed by atoms with E-state index in [9.17, 15) is 4.79 Å². The second-order valence-electron chi connectivity index (χ2n) is 2.73. The van der Waals surface area contributed by atoms with Crippen LogP contribution >= 0.6 is 0 Å². The Morgan fingerprint density at radius 3 is 2.91 bits per heavy atom. The van der Waals surface area contributed by atoms with E-state index in [0.717, 1.165) is 0 Å². The number of carbonyl (C=O) groups is 1. The highest BCUT2D eigenvalue weighted by molar-refractivity contribution is 5.69. The molecule has 0 spiro atoms. The molecule has 0 unspecified atom stereocenters. The Bertz CT molecular complexity index is 174. The summed E-state index contributed by atoms with van der Waals surface area (Å²) in [6.45, 7) is 0.